The van der Waals surface area contributed by atoms with Gasteiger partial charge >= 0.3 is 23.9 Å². The van der Waals surface area contributed by atoms with Crippen molar-refractivity contribution in [1.29, 1.82) is 0 Å². The van der Waals surface area contributed by atoms with Crippen LogP contribution in [0.5, 0.6) is 0 Å². The largest absolute Gasteiger partial charge is 0.481 e. The van der Waals surface area contributed by atoms with Crippen LogP contribution >= 0.6 is 0 Å². The Labute approximate surface area is 441 Å². The minimum Gasteiger partial charge on any atom is -0.481 e. The number of hydrogen-bond donors (Lipinski definition) is 11. The molecule has 0 radical (unpaired) electrons. The van der Waals surface area contributed by atoms with Crippen LogP contribution in [0.1, 0.15) is 141 Å². The summed E-state index contributed by atoms with van der Waals surface area (Å²) in [5, 5.41) is 49.8. The SMILES string of the molecule is C=C[C@@H](N)CCCCNC(=O)CC[C@H](NC(=O)CCC(NC(=O)COCCOCCNC(=O)COCCOCCNC(=O)CCC(N[N+](=C)CCCCCCCCCCCCCCC(=O)O)C(=O)O)C(=O)O)C(=O)O. The average molecular weight is 1070 g/mol. The molecule has 0 aromatic heterocycles. The molecule has 5 amide bonds. The van der Waals surface area contributed by atoms with Crippen molar-refractivity contribution in [2.24, 2.45) is 5.73 Å². The summed E-state index contributed by atoms with van der Waals surface area (Å²) < 4.78 is 22.8. The fraction of sp³-hybridized carbons (Fsp3) is 0.760. The van der Waals surface area contributed by atoms with Crippen LogP contribution in [0, 0.1) is 0 Å². The number of amides is 5. The number of ether oxygens (including phenoxy) is 4. The molecule has 0 aromatic rings. The molecule has 2 unspecified atom stereocenters. The number of carbonyl (C=O) groups is 9. The molecule has 25 nitrogen and oxygen atoms in total. The minimum atomic E-state index is -1.46. The maximum absolute atomic E-state index is 12.4. The first-order valence-electron chi connectivity index (χ1n) is 26.3. The number of hydrogen-bond acceptors (Lipinski definition) is 15. The van der Waals surface area contributed by atoms with Crippen molar-refractivity contribution >= 4 is 60.1 Å². The van der Waals surface area contributed by atoms with Gasteiger partial charge in [0.05, 0.1) is 39.6 Å². The highest BCUT2D eigenvalue weighted by atomic mass is 16.5. The lowest BCUT2D eigenvalue weighted by atomic mass is 10.0. The van der Waals surface area contributed by atoms with E-state index in [-0.39, 0.29) is 116 Å². The summed E-state index contributed by atoms with van der Waals surface area (Å²) in [5.41, 5.74) is 8.62. The highest BCUT2D eigenvalue weighted by molar-refractivity contribution is 5.87. The smallest absolute Gasteiger partial charge is 0.331 e. The molecule has 0 saturated carbocycles. The van der Waals surface area contributed by atoms with Gasteiger partial charge in [-0.3, -0.25) is 28.8 Å². The molecule has 25 heteroatoms. The molecule has 0 aliphatic carbocycles. The van der Waals surface area contributed by atoms with Crippen LogP contribution in [-0.2, 0) is 62.1 Å². The average Bonchev–Trinajstić information content (AvgIpc) is 3.36. The number of hydrazone groups is 1. The van der Waals surface area contributed by atoms with E-state index in [1.54, 1.807) is 6.08 Å². The molecule has 0 bridgehead atoms. The number of carboxylic acid groups (broad SMARTS) is 4. The molecule has 0 rings (SSSR count). The van der Waals surface area contributed by atoms with Crippen molar-refractivity contribution in [3.05, 3.63) is 12.7 Å². The summed E-state index contributed by atoms with van der Waals surface area (Å²) in [5.74, 6) is -7.23. The van der Waals surface area contributed by atoms with Crippen LogP contribution in [0.2, 0.25) is 0 Å². The highest BCUT2D eigenvalue weighted by Gasteiger charge is 2.25. The maximum Gasteiger partial charge on any atom is 0.331 e. The molecule has 0 spiro atoms. The minimum absolute atomic E-state index is 0.00917. The molecular weight excluding hydrogens is 985 g/mol. The lowest BCUT2D eigenvalue weighted by Gasteiger charge is -2.17. The number of nitrogens with zero attached hydrogens (tertiary/aromatic N) is 1. The van der Waals surface area contributed by atoms with Crippen LogP contribution in [-0.4, -0.2) is 188 Å². The molecule has 0 heterocycles. The predicted octanol–water partition coefficient (Wildman–Crippen LogP) is 1.39. The summed E-state index contributed by atoms with van der Waals surface area (Å²) in [6, 6.07) is -3.93. The number of carbonyl (C=O) groups excluding carboxylic acids is 5. The van der Waals surface area contributed by atoms with Gasteiger partial charge in [0.1, 0.15) is 25.3 Å². The Morgan fingerprint density at radius 2 is 0.867 bits per heavy atom. The number of rotatable bonds is 53. The number of nitrogens with one attached hydrogen (secondary N) is 6. The topological polar surface area (TPSA) is 373 Å². The normalized spacial score (nSPS) is 12.5. The molecular formula is C50H89N8O17+. The standard InChI is InChI=1S/C50H88N8O17/c1-3-38(51)18-15-16-26-52-42(59)23-20-39(48(66)67)55-44(61)25-21-40(49(68)69)56-46(63)37-75-35-33-73-31-28-54-45(62)36-74-34-32-72-30-27-53-43(60)24-22-41(50(70)71)57-58(2)29-17-13-11-9-7-5-4-6-8-10-12-14-19-47(64)65/h3,38-41,57H,1-2,4-37,51H2,(H8-,52,53,54,55,56,59,60,61,62,63,64,65,66,67,68,69,70,71)/p+1/t38-,39+,40?,41?/m1/s1. The zero-order valence-corrected chi connectivity index (χ0v) is 44.0. The molecule has 12 N–H and O–H groups in total. The van der Waals surface area contributed by atoms with E-state index < -0.39 is 72.8 Å². The second kappa shape index (κ2) is 46.7. The number of carboxylic acids is 4. The third kappa shape index (κ3) is 44.3. The highest BCUT2D eigenvalue weighted by Crippen LogP contribution is 2.13. The Hall–Kier alpha value is -5.76. The van der Waals surface area contributed by atoms with Gasteiger partial charge < -0.3 is 71.7 Å². The van der Waals surface area contributed by atoms with E-state index in [2.05, 4.69) is 45.3 Å². The molecule has 75 heavy (non-hydrogen) atoms. The first-order chi connectivity index (χ1) is 35.9. The van der Waals surface area contributed by atoms with Gasteiger partial charge in [0.15, 0.2) is 19.3 Å². The third-order valence-electron chi connectivity index (χ3n) is 11.4. The van der Waals surface area contributed by atoms with E-state index in [0.29, 0.717) is 19.5 Å². The van der Waals surface area contributed by atoms with E-state index in [0.717, 1.165) is 64.2 Å². The molecule has 0 aliphatic rings. The quantitative estimate of drug-likeness (QED) is 0.0135. The molecule has 0 aliphatic heterocycles. The van der Waals surface area contributed by atoms with E-state index >= 15 is 0 Å². The summed E-state index contributed by atoms with van der Waals surface area (Å²) in [6.07, 6.45) is 15.9. The molecule has 0 saturated heterocycles. The molecule has 0 fully saturated rings. The van der Waals surface area contributed by atoms with E-state index in [9.17, 15) is 58.5 Å². The molecule has 4 atom stereocenters. The maximum atomic E-state index is 12.4. The third-order valence-corrected chi connectivity index (χ3v) is 11.4. The Morgan fingerprint density at radius 3 is 1.36 bits per heavy atom. The van der Waals surface area contributed by atoms with Crippen LogP contribution in [0.4, 0.5) is 0 Å². The second-order valence-electron chi connectivity index (χ2n) is 18.0. The zero-order chi connectivity index (χ0) is 55.9. The van der Waals surface area contributed by atoms with Crippen molar-refractivity contribution in [3.63, 3.8) is 0 Å². The van der Waals surface area contributed by atoms with Gasteiger partial charge in [-0.15, -0.1) is 11.3 Å². The van der Waals surface area contributed by atoms with Gasteiger partial charge in [0.25, 0.3) is 0 Å². The Morgan fingerprint density at radius 1 is 0.453 bits per heavy atom. The fourth-order valence-corrected chi connectivity index (χ4v) is 7.09. The lowest BCUT2D eigenvalue weighted by Crippen LogP contribution is -2.45. The number of nitrogens with two attached hydrogens (primary N) is 1. The predicted molar refractivity (Wildman–Crippen MR) is 276 cm³/mol. The zero-order valence-electron chi connectivity index (χ0n) is 44.0. The molecule has 0 aromatic carbocycles. The van der Waals surface area contributed by atoms with E-state index in [4.69, 9.17) is 29.8 Å². The summed E-state index contributed by atoms with van der Waals surface area (Å²) >= 11 is 0. The Balaban J connectivity index is 3.96. The van der Waals surface area contributed by atoms with Crippen molar-refractivity contribution in [3.8, 4) is 0 Å². The first-order valence-corrected chi connectivity index (χ1v) is 26.3. The summed E-state index contributed by atoms with van der Waals surface area (Å²) in [6.45, 7) is 8.68. The van der Waals surface area contributed by atoms with Gasteiger partial charge in [-0.2, -0.15) is 5.43 Å². The van der Waals surface area contributed by atoms with Crippen molar-refractivity contribution in [2.45, 2.75) is 165 Å². The van der Waals surface area contributed by atoms with Gasteiger partial charge in [-0.1, -0.05) is 63.9 Å². The monoisotopic (exact) mass is 1070 g/mol. The van der Waals surface area contributed by atoms with Crippen LogP contribution in [0.25, 0.3) is 0 Å². The van der Waals surface area contributed by atoms with Crippen LogP contribution < -0.4 is 37.7 Å². The van der Waals surface area contributed by atoms with E-state index in [1.807, 2.05) is 0 Å². The van der Waals surface area contributed by atoms with Gasteiger partial charge in [-0.05, 0) is 51.4 Å². The Kier molecular flexibility index (Phi) is 43.2. The van der Waals surface area contributed by atoms with Crippen LogP contribution in [0.3, 0.4) is 0 Å². The van der Waals surface area contributed by atoms with E-state index in [1.165, 1.54) is 30.4 Å². The first kappa shape index (κ1) is 69.2. The van der Waals surface area contributed by atoms with Crippen molar-refractivity contribution in [1.82, 2.24) is 32.0 Å². The number of aliphatic carboxylic acids is 4. The lowest BCUT2D eigenvalue weighted by molar-refractivity contribution is -0.584. The number of unbranched alkanes of at least 4 members (excludes halogenated alkanes) is 12. The fourth-order valence-electron chi connectivity index (χ4n) is 7.09. The van der Waals surface area contributed by atoms with Crippen LogP contribution in [0.15, 0.2) is 12.7 Å². The van der Waals surface area contributed by atoms with Crippen molar-refractivity contribution < 1.29 is 87.2 Å². The van der Waals surface area contributed by atoms with Crippen molar-refractivity contribution in [2.75, 3.05) is 79.0 Å². The molecule has 430 valence electrons. The number of hydrazine groups is 1. The Bertz CT molecular complexity index is 1690. The summed E-state index contributed by atoms with van der Waals surface area (Å²) in [4.78, 5) is 107. The second-order valence-corrected chi connectivity index (χ2v) is 18.0. The van der Waals surface area contributed by atoms with Gasteiger partial charge in [0, 0.05) is 57.8 Å². The van der Waals surface area contributed by atoms with Gasteiger partial charge in [-0.25, -0.2) is 14.4 Å². The van der Waals surface area contributed by atoms with Gasteiger partial charge in [0.2, 0.25) is 29.5 Å². The summed E-state index contributed by atoms with van der Waals surface area (Å²) in [7, 11) is 0.